The average Bonchev–Trinajstić information content (AvgIpc) is 2.97. The molecule has 1 aromatic carbocycles. The Labute approximate surface area is 164 Å². The quantitative estimate of drug-likeness (QED) is 0.300. The van der Waals surface area contributed by atoms with Crippen LogP contribution in [0.25, 0.3) is 10.2 Å². The summed E-state index contributed by atoms with van der Waals surface area (Å²) >= 11 is 3.08. The van der Waals surface area contributed by atoms with Crippen molar-refractivity contribution in [2.45, 2.75) is 43.4 Å². The van der Waals surface area contributed by atoms with Crippen LogP contribution >= 0.6 is 23.1 Å². The third-order valence-corrected chi connectivity index (χ3v) is 6.47. The summed E-state index contributed by atoms with van der Waals surface area (Å²) in [5.74, 6) is 1.12. The lowest BCUT2D eigenvalue weighted by Crippen LogP contribution is -2.31. The van der Waals surface area contributed by atoms with Gasteiger partial charge in [0.15, 0.2) is 5.16 Å². The van der Waals surface area contributed by atoms with Crippen LogP contribution in [0, 0.1) is 10.1 Å². The summed E-state index contributed by atoms with van der Waals surface area (Å²) in [6.45, 7) is 4.73. The van der Waals surface area contributed by atoms with Crippen molar-refractivity contribution in [3.8, 4) is 0 Å². The molecule has 7 nitrogen and oxygen atoms in total. The number of ether oxygens (including phenoxy) is 1. The first kappa shape index (κ1) is 18.1. The number of thioether (sulfide) groups is 1. The lowest BCUT2D eigenvalue weighted by molar-refractivity contribution is -0.384. The van der Waals surface area contributed by atoms with Gasteiger partial charge in [-0.1, -0.05) is 23.9 Å². The maximum atomic E-state index is 10.7. The van der Waals surface area contributed by atoms with Crippen LogP contribution in [0.15, 0.2) is 29.4 Å². The van der Waals surface area contributed by atoms with Crippen LogP contribution in [-0.4, -0.2) is 20.5 Å². The number of benzene rings is 1. The molecule has 0 saturated carbocycles. The highest BCUT2D eigenvalue weighted by molar-refractivity contribution is 7.98. The van der Waals surface area contributed by atoms with Crippen LogP contribution in [0.4, 0.5) is 11.5 Å². The highest BCUT2D eigenvalue weighted by atomic mass is 32.2. The zero-order chi connectivity index (χ0) is 19.2. The van der Waals surface area contributed by atoms with Crippen molar-refractivity contribution in [2.75, 3.05) is 5.73 Å². The van der Waals surface area contributed by atoms with E-state index in [1.807, 2.05) is 0 Å². The molecule has 140 valence electrons. The molecule has 2 aromatic heterocycles. The van der Waals surface area contributed by atoms with Crippen molar-refractivity contribution in [1.29, 1.82) is 0 Å². The SMILES string of the molecule is CC1(C)Cc2c(sc3nc(SCc4ccc([N+](=O)[O-])cc4)nc(N)c23)CO1. The summed E-state index contributed by atoms with van der Waals surface area (Å²) in [7, 11) is 0. The van der Waals surface area contributed by atoms with E-state index in [9.17, 15) is 10.1 Å². The normalized spacial score (nSPS) is 15.6. The van der Waals surface area contributed by atoms with Crippen molar-refractivity contribution in [3.05, 3.63) is 50.4 Å². The van der Waals surface area contributed by atoms with E-state index in [2.05, 4.69) is 23.8 Å². The number of hydrogen-bond acceptors (Lipinski definition) is 8. The van der Waals surface area contributed by atoms with Crippen LogP contribution in [0.5, 0.6) is 0 Å². The number of thiophene rings is 1. The first-order valence-electron chi connectivity index (χ1n) is 8.40. The Balaban J connectivity index is 1.58. The smallest absolute Gasteiger partial charge is 0.269 e. The number of aromatic nitrogens is 2. The molecule has 4 rings (SSSR count). The largest absolute Gasteiger partial charge is 0.383 e. The standard InChI is InChI=1S/C18H18N4O3S2/c1-18(2)7-12-13(8-25-18)27-16-14(12)15(19)20-17(21-16)26-9-10-3-5-11(6-4-10)22(23)24/h3-6H,7-9H2,1-2H3,(H2,19,20,21). The second-order valence-corrected chi connectivity index (χ2v) is 9.04. The Hall–Kier alpha value is -2.23. The van der Waals surface area contributed by atoms with Gasteiger partial charge in [0.25, 0.3) is 5.69 Å². The molecule has 0 aliphatic carbocycles. The number of nitrogen functional groups attached to an aromatic ring is 1. The Morgan fingerprint density at radius 3 is 2.78 bits per heavy atom. The Kier molecular flexibility index (Phi) is 4.53. The molecule has 0 radical (unpaired) electrons. The summed E-state index contributed by atoms with van der Waals surface area (Å²) in [5, 5.41) is 12.3. The van der Waals surface area contributed by atoms with Crippen molar-refractivity contribution in [2.24, 2.45) is 0 Å². The van der Waals surface area contributed by atoms with Crippen molar-refractivity contribution in [1.82, 2.24) is 9.97 Å². The van der Waals surface area contributed by atoms with Gasteiger partial charge in [0, 0.05) is 29.2 Å². The number of nitro groups is 1. The van der Waals surface area contributed by atoms with E-state index in [1.165, 1.54) is 34.3 Å². The first-order valence-corrected chi connectivity index (χ1v) is 10.2. The summed E-state index contributed by atoms with van der Waals surface area (Å²) in [4.78, 5) is 21.5. The second-order valence-electron chi connectivity index (χ2n) is 7.01. The number of nitrogens with zero attached hydrogens (tertiary/aromatic N) is 3. The summed E-state index contributed by atoms with van der Waals surface area (Å²) < 4.78 is 5.89. The summed E-state index contributed by atoms with van der Waals surface area (Å²) in [6, 6.07) is 6.50. The number of rotatable bonds is 4. The van der Waals surface area contributed by atoms with Crippen molar-refractivity contribution >= 4 is 44.8 Å². The van der Waals surface area contributed by atoms with Gasteiger partial charge < -0.3 is 10.5 Å². The minimum absolute atomic E-state index is 0.0833. The second kappa shape index (κ2) is 6.74. The molecular weight excluding hydrogens is 384 g/mol. The minimum Gasteiger partial charge on any atom is -0.383 e. The summed E-state index contributed by atoms with van der Waals surface area (Å²) in [5.41, 5.74) is 8.30. The fourth-order valence-electron chi connectivity index (χ4n) is 3.08. The molecular formula is C18H18N4O3S2. The van der Waals surface area contributed by atoms with Gasteiger partial charge in [-0.3, -0.25) is 10.1 Å². The molecule has 3 aromatic rings. The zero-order valence-electron chi connectivity index (χ0n) is 14.9. The molecule has 0 atom stereocenters. The number of nitro benzene ring substituents is 1. The molecule has 2 N–H and O–H groups in total. The van der Waals surface area contributed by atoms with Crippen LogP contribution in [0.3, 0.4) is 0 Å². The number of hydrogen-bond donors (Lipinski definition) is 1. The van der Waals surface area contributed by atoms with Gasteiger partial charge in [0.2, 0.25) is 0 Å². The number of nitrogens with two attached hydrogens (primary N) is 1. The Morgan fingerprint density at radius 2 is 2.07 bits per heavy atom. The zero-order valence-corrected chi connectivity index (χ0v) is 16.5. The van der Waals surface area contributed by atoms with Gasteiger partial charge in [-0.05, 0) is 25.0 Å². The van der Waals surface area contributed by atoms with Gasteiger partial charge in [0.05, 0.1) is 22.5 Å². The molecule has 3 heterocycles. The minimum atomic E-state index is -0.405. The van der Waals surface area contributed by atoms with Crippen molar-refractivity contribution < 1.29 is 9.66 Å². The molecule has 1 aliphatic rings. The van der Waals surface area contributed by atoms with Crippen LogP contribution in [0.1, 0.15) is 29.9 Å². The van der Waals surface area contributed by atoms with E-state index in [0.29, 0.717) is 23.3 Å². The Bertz CT molecular complexity index is 1030. The lowest BCUT2D eigenvalue weighted by Gasteiger charge is -2.30. The summed E-state index contributed by atoms with van der Waals surface area (Å²) in [6.07, 6.45) is 0.797. The van der Waals surface area contributed by atoms with E-state index in [1.54, 1.807) is 23.5 Å². The lowest BCUT2D eigenvalue weighted by atomic mass is 9.94. The molecule has 1 aliphatic heterocycles. The molecule has 0 spiro atoms. The highest BCUT2D eigenvalue weighted by Crippen LogP contribution is 2.40. The third kappa shape index (κ3) is 3.62. The van der Waals surface area contributed by atoms with Crippen LogP contribution in [-0.2, 0) is 23.5 Å². The third-order valence-electron chi connectivity index (χ3n) is 4.45. The number of fused-ring (bicyclic) bond motifs is 3. The van der Waals surface area contributed by atoms with Gasteiger partial charge in [-0.15, -0.1) is 11.3 Å². The van der Waals surface area contributed by atoms with Gasteiger partial charge in [-0.25, -0.2) is 9.97 Å². The molecule has 0 bridgehead atoms. The van der Waals surface area contributed by atoms with E-state index in [0.717, 1.165) is 22.2 Å². The van der Waals surface area contributed by atoms with E-state index >= 15 is 0 Å². The van der Waals surface area contributed by atoms with Crippen molar-refractivity contribution in [3.63, 3.8) is 0 Å². The fraction of sp³-hybridized carbons (Fsp3) is 0.333. The highest BCUT2D eigenvalue weighted by Gasteiger charge is 2.30. The van der Waals surface area contributed by atoms with E-state index < -0.39 is 4.92 Å². The predicted molar refractivity (Wildman–Crippen MR) is 107 cm³/mol. The Morgan fingerprint density at radius 1 is 1.33 bits per heavy atom. The van der Waals surface area contributed by atoms with Gasteiger partial charge >= 0.3 is 0 Å². The van der Waals surface area contributed by atoms with Gasteiger partial charge in [0.1, 0.15) is 10.6 Å². The maximum Gasteiger partial charge on any atom is 0.269 e. The molecule has 0 amide bonds. The molecule has 27 heavy (non-hydrogen) atoms. The number of anilines is 1. The number of non-ortho nitro benzene ring substituents is 1. The molecule has 0 saturated heterocycles. The maximum absolute atomic E-state index is 10.7. The van der Waals surface area contributed by atoms with Crippen LogP contribution in [0.2, 0.25) is 0 Å². The predicted octanol–water partition coefficient (Wildman–Crippen LogP) is 4.33. The fourth-order valence-corrected chi connectivity index (χ4v) is 5.05. The monoisotopic (exact) mass is 402 g/mol. The average molecular weight is 403 g/mol. The van der Waals surface area contributed by atoms with Gasteiger partial charge in [-0.2, -0.15) is 0 Å². The van der Waals surface area contributed by atoms with E-state index in [4.69, 9.17) is 10.5 Å². The molecule has 0 fully saturated rings. The van der Waals surface area contributed by atoms with Crippen LogP contribution < -0.4 is 5.73 Å². The van der Waals surface area contributed by atoms with E-state index in [-0.39, 0.29) is 11.3 Å². The molecule has 9 heteroatoms. The molecule has 0 unspecified atom stereocenters. The topological polar surface area (TPSA) is 104 Å². The first-order chi connectivity index (χ1) is 12.8.